The van der Waals surface area contributed by atoms with Gasteiger partial charge >= 0.3 is 6.03 Å². The molecule has 0 bridgehead atoms. The fourth-order valence-corrected chi connectivity index (χ4v) is 2.51. The highest BCUT2D eigenvalue weighted by Crippen LogP contribution is 2.32. The Kier molecular flexibility index (Phi) is 5.76. The molecule has 1 aliphatic heterocycles. The molecule has 1 heterocycles. The van der Waals surface area contributed by atoms with Gasteiger partial charge in [0.2, 0.25) is 12.7 Å². The van der Waals surface area contributed by atoms with Crippen molar-refractivity contribution in [3.8, 4) is 11.5 Å². The summed E-state index contributed by atoms with van der Waals surface area (Å²) < 4.78 is 10.5. The van der Waals surface area contributed by atoms with Gasteiger partial charge in [-0.3, -0.25) is 4.79 Å². The predicted octanol–water partition coefficient (Wildman–Crippen LogP) is 0.821. The van der Waals surface area contributed by atoms with Gasteiger partial charge in [0.1, 0.15) is 6.04 Å². The lowest BCUT2D eigenvalue weighted by molar-refractivity contribution is -0.123. The molecular formula is C14H19N3O4S. The van der Waals surface area contributed by atoms with Crippen molar-refractivity contribution in [3.05, 3.63) is 23.8 Å². The van der Waals surface area contributed by atoms with Crippen molar-refractivity contribution in [2.45, 2.75) is 19.0 Å². The normalized spacial score (nSPS) is 13.5. The lowest BCUT2D eigenvalue weighted by Crippen LogP contribution is -2.48. The van der Waals surface area contributed by atoms with Crippen molar-refractivity contribution in [1.29, 1.82) is 0 Å². The highest BCUT2D eigenvalue weighted by molar-refractivity contribution is 7.98. The molecule has 7 nitrogen and oxygen atoms in total. The van der Waals surface area contributed by atoms with Gasteiger partial charge in [0.15, 0.2) is 11.5 Å². The van der Waals surface area contributed by atoms with E-state index < -0.39 is 12.1 Å². The lowest BCUT2D eigenvalue weighted by atomic mass is 10.1. The maximum Gasteiger partial charge on any atom is 0.312 e. The monoisotopic (exact) mass is 325 g/mol. The van der Waals surface area contributed by atoms with Gasteiger partial charge in [-0.15, -0.1) is 0 Å². The maximum atomic E-state index is 12.1. The van der Waals surface area contributed by atoms with Gasteiger partial charge in [-0.05, 0) is 36.1 Å². The molecule has 1 atom stereocenters. The van der Waals surface area contributed by atoms with Crippen LogP contribution in [-0.2, 0) is 11.3 Å². The first-order valence-electron chi connectivity index (χ1n) is 6.81. The van der Waals surface area contributed by atoms with Crippen LogP contribution in [0.25, 0.3) is 0 Å². The van der Waals surface area contributed by atoms with Crippen LogP contribution in [0.4, 0.5) is 4.79 Å². The van der Waals surface area contributed by atoms with E-state index in [-0.39, 0.29) is 12.7 Å². The maximum absolute atomic E-state index is 12.1. The van der Waals surface area contributed by atoms with E-state index in [1.807, 2.05) is 18.4 Å². The van der Waals surface area contributed by atoms with Gasteiger partial charge in [0.25, 0.3) is 0 Å². The zero-order valence-electron chi connectivity index (χ0n) is 12.3. The van der Waals surface area contributed by atoms with Gasteiger partial charge in [-0.1, -0.05) is 6.07 Å². The molecule has 0 aliphatic carbocycles. The number of thioether (sulfide) groups is 1. The van der Waals surface area contributed by atoms with Crippen LogP contribution in [0.15, 0.2) is 18.2 Å². The quantitative estimate of drug-likeness (QED) is 0.689. The molecule has 4 N–H and O–H groups in total. The molecule has 0 saturated heterocycles. The minimum atomic E-state index is -0.704. The largest absolute Gasteiger partial charge is 0.454 e. The Balaban J connectivity index is 1.90. The average molecular weight is 325 g/mol. The Morgan fingerprint density at radius 1 is 1.36 bits per heavy atom. The number of ether oxygens (including phenoxy) is 2. The summed E-state index contributed by atoms with van der Waals surface area (Å²) in [6, 6.07) is 4.15. The molecule has 0 aromatic heterocycles. The number of primary amides is 1. The number of urea groups is 1. The van der Waals surface area contributed by atoms with Crippen molar-refractivity contribution in [2.24, 2.45) is 5.73 Å². The number of fused-ring (bicyclic) bond motifs is 1. The number of amides is 3. The highest BCUT2D eigenvalue weighted by atomic mass is 32.2. The molecule has 1 aliphatic rings. The zero-order chi connectivity index (χ0) is 15.9. The number of nitrogens with one attached hydrogen (secondary N) is 2. The van der Waals surface area contributed by atoms with Crippen LogP contribution in [0.2, 0.25) is 0 Å². The van der Waals surface area contributed by atoms with Gasteiger partial charge < -0.3 is 25.8 Å². The summed E-state index contributed by atoms with van der Waals surface area (Å²) in [5.74, 6) is 1.86. The third-order valence-electron chi connectivity index (χ3n) is 3.15. The first-order chi connectivity index (χ1) is 10.6. The third-order valence-corrected chi connectivity index (χ3v) is 3.79. The molecule has 0 radical (unpaired) electrons. The second-order valence-corrected chi connectivity index (χ2v) is 5.73. The summed E-state index contributed by atoms with van der Waals surface area (Å²) in [5.41, 5.74) is 5.99. The van der Waals surface area contributed by atoms with Crippen LogP contribution < -0.4 is 25.8 Å². The molecule has 3 amide bonds. The SMILES string of the molecule is CSCC[C@H](NC(N)=O)C(=O)NCc1ccc2c(c1)OCO2. The van der Waals surface area contributed by atoms with Crippen molar-refractivity contribution in [2.75, 3.05) is 18.8 Å². The second kappa shape index (κ2) is 7.79. The van der Waals surface area contributed by atoms with Gasteiger partial charge in [0.05, 0.1) is 0 Å². The molecule has 22 heavy (non-hydrogen) atoms. The van der Waals surface area contributed by atoms with Gasteiger partial charge in [-0.2, -0.15) is 11.8 Å². The molecule has 0 spiro atoms. The number of nitrogens with two attached hydrogens (primary N) is 1. The minimum absolute atomic E-state index is 0.213. The molecule has 8 heteroatoms. The topological polar surface area (TPSA) is 103 Å². The number of rotatable bonds is 7. The van der Waals surface area contributed by atoms with E-state index in [2.05, 4.69) is 10.6 Å². The highest BCUT2D eigenvalue weighted by Gasteiger charge is 2.19. The average Bonchev–Trinajstić information content (AvgIpc) is 2.96. The van der Waals surface area contributed by atoms with Crippen LogP contribution in [0, 0.1) is 0 Å². The van der Waals surface area contributed by atoms with Crippen molar-refractivity contribution in [3.63, 3.8) is 0 Å². The number of hydrogen-bond donors (Lipinski definition) is 3. The van der Waals surface area contributed by atoms with E-state index in [1.165, 1.54) is 0 Å². The smallest absolute Gasteiger partial charge is 0.312 e. The Bertz CT molecular complexity index is 553. The number of benzene rings is 1. The van der Waals surface area contributed by atoms with E-state index in [0.717, 1.165) is 11.3 Å². The van der Waals surface area contributed by atoms with E-state index >= 15 is 0 Å². The lowest BCUT2D eigenvalue weighted by Gasteiger charge is -2.17. The molecular weight excluding hydrogens is 306 g/mol. The Morgan fingerprint density at radius 2 is 2.14 bits per heavy atom. The molecule has 0 fully saturated rings. The number of carbonyl (C=O) groups excluding carboxylic acids is 2. The van der Waals surface area contributed by atoms with Crippen LogP contribution >= 0.6 is 11.8 Å². The standard InChI is InChI=1S/C14H19N3O4S/c1-22-5-4-10(17-14(15)19)13(18)16-7-9-2-3-11-12(6-9)21-8-20-11/h2-3,6,10H,4-5,7-8H2,1H3,(H,16,18)(H3,15,17,19)/t10-/m0/s1. The van der Waals surface area contributed by atoms with E-state index in [9.17, 15) is 9.59 Å². The van der Waals surface area contributed by atoms with E-state index in [1.54, 1.807) is 17.8 Å². The zero-order valence-corrected chi connectivity index (χ0v) is 13.1. The summed E-state index contributed by atoms with van der Waals surface area (Å²) in [5, 5.41) is 5.25. The first-order valence-corrected chi connectivity index (χ1v) is 8.20. The predicted molar refractivity (Wildman–Crippen MR) is 83.9 cm³/mol. The molecule has 1 aromatic rings. The van der Waals surface area contributed by atoms with E-state index in [4.69, 9.17) is 15.2 Å². The van der Waals surface area contributed by atoms with Crippen LogP contribution in [0.5, 0.6) is 11.5 Å². The van der Waals surface area contributed by atoms with Crippen LogP contribution in [0.1, 0.15) is 12.0 Å². The third kappa shape index (κ3) is 4.45. The van der Waals surface area contributed by atoms with Crippen LogP contribution in [-0.4, -0.2) is 36.8 Å². The fourth-order valence-electron chi connectivity index (χ4n) is 2.04. The van der Waals surface area contributed by atoms with Crippen molar-refractivity contribution >= 4 is 23.7 Å². The van der Waals surface area contributed by atoms with Crippen molar-refractivity contribution in [1.82, 2.24) is 10.6 Å². The molecule has 2 rings (SSSR count). The summed E-state index contributed by atoms with van der Waals surface area (Å²) >= 11 is 1.60. The van der Waals surface area contributed by atoms with Gasteiger partial charge in [-0.25, -0.2) is 4.79 Å². The first kappa shape index (κ1) is 16.3. The second-order valence-electron chi connectivity index (χ2n) is 4.75. The Morgan fingerprint density at radius 3 is 2.86 bits per heavy atom. The van der Waals surface area contributed by atoms with Crippen LogP contribution in [0.3, 0.4) is 0 Å². The Hall–Kier alpha value is -2.09. The number of carbonyl (C=O) groups is 2. The molecule has 120 valence electrons. The van der Waals surface area contributed by atoms with E-state index in [0.29, 0.717) is 24.5 Å². The molecule has 0 saturated carbocycles. The number of hydrogen-bond acceptors (Lipinski definition) is 5. The fraction of sp³-hybridized carbons (Fsp3) is 0.429. The summed E-state index contributed by atoms with van der Waals surface area (Å²) in [4.78, 5) is 23.1. The summed E-state index contributed by atoms with van der Waals surface area (Å²) in [6.45, 7) is 0.552. The molecule has 1 aromatic carbocycles. The summed E-state index contributed by atoms with van der Waals surface area (Å²) in [6.07, 6.45) is 2.46. The summed E-state index contributed by atoms with van der Waals surface area (Å²) in [7, 11) is 0. The van der Waals surface area contributed by atoms with Gasteiger partial charge in [0, 0.05) is 6.54 Å². The minimum Gasteiger partial charge on any atom is -0.454 e. The Labute approximate surface area is 132 Å². The van der Waals surface area contributed by atoms with Crippen molar-refractivity contribution < 1.29 is 19.1 Å². The molecule has 0 unspecified atom stereocenters.